The fraction of sp³-hybridized carbons (Fsp3) is 0.435. The first kappa shape index (κ1) is 21.2. The van der Waals surface area contributed by atoms with Gasteiger partial charge in [-0.2, -0.15) is 0 Å². The summed E-state index contributed by atoms with van der Waals surface area (Å²) in [5.74, 6) is 3.33. The van der Waals surface area contributed by atoms with Crippen molar-refractivity contribution in [1.29, 1.82) is 0 Å². The van der Waals surface area contributed by atoms with E-state index in [2.05, 4.69) is 37.8 Å². The first-order valence-corrected chi connectivity index (χ1v) is 11.9. The Hall–Kier alpha value is -2.62. The Morgan fingerprint density at radius 1 is 1.12 bits per heavy atom. The van der Waals surface area contributed by atoms with Crippen molar-refractivity contribution in [3.05, 3.63) is 59.7 Å². The van der Waals surface area contributed by atoms with Crippen molar-refractivity contribution in [1.82, 2.24) is 24.6 Å². The van der Waals surface area contributed by atoms with Crippen LogP contribution in [0, 0.1) is 0 Å². The van der Waals surface area contributed by atoms with E-state index >= 15 is 0 Å². The second-order valence-corrected chi connectivity index (χ2v) is 9.06. The second-order valence-electron chi connectivity index (χ2n) is 8.11. The Bertz CT molecular complexity index is 1040. The highest BCUT2D eigenvalue weighted by molar-refractivity contribution is 7.98. The molecule has 0 spiro atoms. The van der Waals surface area contributed by atoms with Crippen LogP contribution in [-0.4, -0.2) is 51.2 Å². The third-order valence-electron chi connectivity index (χ3n) is 5.58. The molecule has 1 saturated heterocycles. The van der Waals surface area contributed by atoms with Crippen LogP contribution in [0.3, 0.4) is 0 Å². The molecule has 2 aliphatic rings. The number of benzene rings is 1. The zero-order valence-corrected chi connectivity index (χ0v) is 19.0. The predicted octanol–water partition coefficient (Wildman–Crippen LogP) is 3.51. The van der Waals surface area contributed by atoms with E-state index in [0.29, 0.717) is 13.3 Å². The van der Waals surface area contributed by atoms with E-state index in [4.69, 9.17) is 14.2 Å². The molecule has 1 fully saturated rings. The van der Waals surface area contributed by atoms with Crippen LogP contribution in [0.4, 0.5) is 0 Å². The summed E-state index contributed by atoms with van der Waals surface area (Å²) in [5, 5.41) is 9.96. The second kappa shape index (κ2) is 9.89. The largest absolute Gasteiger partial charge is 0.454 e. The Morgan fingerprint density at radius 3 is 2.91 bits per heavy atom. The highest BCUT2D eigenvalue weighted by Gasteiger charge is 2.22. The third kappa shape index (κ3) is 5.06. The summed E-state index contributed by atoms with van der Waals surface area (Å²) >= 11 is 1.67. The molecular formula is C23H27N5O3S. The average molecular weight is 454 g/mol. The molecule has 2 aromatic heterocycles. The molecule has 0 bridgehead atoms. The fourth-order valence-corrected chi connectivity index (χ4v) is 4.87. The van der Waals surface area contributed by atoms with Crippen molar-refractivity contribution in [3.63, 3.8) is 0 Å². The molecule has 0 N–H and O–H groups in total. The molecule has 0 amide bonds. The fourth-order valence-electron chi connectivity index (χ4n) is 3.99. The molecule has 0 aliphatic carbocycles. The highest BCUT2D eigenvalue weighted by Crippen LogP contribution is 2.33. The van der Waals surface area contributed by atoms with Gasteiger partial charge >= 0.3 is 0 Å². The molecule has 0 radical (unpaired) electrons. The summed E-state index contributed by atoms with van der Waals surface area (Å²) in [6, 6.07) is 12.1. The Morgan fingerprint density at radius 2 is 2.06 bits per heavy atom. The first-order valence-electron chi connectivity index (χ1n) is 10.9. The molecule has 5 rings (SSSR count). The third-order valence-corrected chi connectivity index (χ3v) is 6.58. The van der Waals surface area contributed by atoms with Crippen molar-refractivity contribution < 1.29 is 14.2 Å². The van der Waals surface area contributed by atoms with E-state index < -0.39 is 0 Å². The molecule has 8 nitrogen and oxygen atoms in total. The van der Waals surface area contributed by atoms with Gasteiger partial charge in [-0.15, -0.1) is 10.2 Å². The number of fused-ring (bicyclic) bond motifs is 1. The van der Waals surface area contributed by atoms with Crippen LogP contribution in [0.5, 0.6) is 11.5 Å². The molecule has 4 heterocycles. The summed E-state index contributed by atoms with van der Waals surface area (Å²) < 4.78 is 19.1. The van der Waals surface area contributed by atoms with E-state index in [1.54, 1.807) is 11.8 Å². The van der Waals surface area contributed by atoms with E-state index in [-0.39, 0.29) is 6.10 Å². The molecule has 1 aromatic carbocycles. The number of rotatable bonds is 9. The van der Waals surface area contributed by atoms with Crippen molar-refractivity contribution >= 4 is 11.8 Å². The van der Waals surface area contributed by atoms with Gasteiger partial charge in [0, 0.05) is 25.1 Å². The number of thioether (sulfide) groups is 1. The van der Waals surface area contributed by atoms with Crippen molar-refractivity contribution in [2.75, 3.05) is 20.4 Å². The lowest BCUT2D eigenvalue weighted by atomic mass is 10.2. The summed E-state index contributed by atoms with van der Waals surface area (Å²) in [6.45, 7) is 3.38. The lowest BCUT2D eigenvalue weighted by molar-refractivity contribution is 0.0934. The zero-order valence-electron chi connectivity index (χ0n) is 18.1. The zero-order chi connectivity index (χ0) is 21.8. The number of pyridine rings is 1. The average Bonchev–Trinajstić information content (AvgIpc) is 3.56. The van der Waals surface area contributed by atoms with E-state index in [1.807, 2.05) is 36.5 Å². The highest BCUT2D eigenvalue weighted by atomic mass is 32.2. The maximum absolute atomic E-state index is 5.90. The molecule has 32 heavy (non-hydrogen) atoms. The van der Waals surface area contributed by atoms with Gasteiger partial charge in [-0.25, -0.2) is 0 Å². The quantitative estimate of drug-likeness (QED) is 0.456. The molecule has 0 saturated carbocycles. The van der Waals surface area contributed by atoms with Crippen LogP contribution >= 0.6 is 11.8 Å². The Labute approximate surface area is 191 Å². The van der Waals surface area contributed by atoms with Crippen LogP contribution < -0.4 is 9.47 Å². The van der Waals surface area contributed by atoms with Crippen molar-refractivity contribution in [2.45, 2.75) is 49.5 Å². The van der Waals surface area contributed by atoms with Gasteiger partial charge in [0.1, 0.15) is 5.82 Å². The molecule has 9 heteroatoms. The maximum Gasteiger partial charge on any atom is 0.231 e. The van der Waals surface area contributed by atoms with E-state index in [1.165, 1.54) is 5.56 Å². The van der Waals surface area contributed by atoms with Crippen LogP contribution in [0.2, 0.25) is 0 Å². The van der Waals surface area contributed by atoms with Crippen molar-refractivity contribution in [3.8, 4) is 11.5 Å². The summed E-state index contributed by atoms with van der Waals surface area (Å²) in [6.07, 6.45) is 4.24. The minimum Gasteiger partial charge on any atom is -0.454 e. The normalized spacial score (nSPS) is 17.4. The topological polar surface area (TPSA) is 74.5 Å². The van der Waals surface area contributed by atoms with Gasteiger partial charge in [-0.3, -0.25) is 9.88 Å². The number of aromatic nitrogens is 4. The van der Waals surface area contributed by atoms with Crippen LogP contribution in [0.1, 0.15) is 29.9 Å². The monoisotopic (exact) mass is 453 g/mol. The van der Waals surface area contributed by atoms with Gasteiger partial charge < -0.3 is 18.8 Å². The summed E-state index contributed by atoms with van der Waals surface area (Å²) in [5.41, 5.74) is 2.21. The Balaban J connectivity index is 1.28. The SMILES string of the molecule is CN(Cc1ccc2c(c1)OCO2)Cc1nnc(SCc2ccccn2)n1C[C@@H]1CCCO1. The smallest absolute Gasteiger partial charge is 0.231 e. The standard InChI is InChI=1S/C23H27N5O3S/c1-27(12-17-7-8-20-21(11-17)31-16-30-20)14-22-25-26-23(28(22)13-19-6-4-10-29-19)32-15-18-5-2-3-9-24-18/h2-3,5,7-9,11,19H,4,6,10,12-16H2,1H3/t19-/m0/s1. The number of ether oxygens (including phenoxy) is 3. The molecule has 168 valence electrons. The molecule has 2 aliphatic heterocycles. The number of nitrogens with zero attached hydrogens (tertiary/aromatic N) is 5. The van der Waals surface area contributed by atoms with Gasteiger partial charge in [0.2, 0.25) is 6.79 Å². The molecule has 3 aromatic rings. The number of hydrogen-bond donors (Lipinski definition) is 0. The minimum atomic E-state index is 0.220. The van der Waals surface area contributed by atoms with Gasteiger partial charge in [0.15, 0.2) is 16.7 Å². The van der Waals surface area contributed by atoms with Crippen LogP contribution in [-0.2, 0) is 30.1 Å². The summed E-state index contributed by atoms with van der Waals surface area (Å²) in [7, 11) is 2.09. The lowest BCUT2D eigenvalue weighted by Crippen LogP contribution is -2.23. The van der Waals surface area contributed by atoms with Crippen LogP contribution in [0.15, 0.2) is 47.8 Å². The molecular weight excluding hydrogens is 426 g/mol. The molecule has 0 unspecified atom stereocenters. The van der Waals surface area contributed by atoms with Crippen molar-refractivity contribution in [2.24, 2.45) is 0 Å². The van der Waals surface area contributed by atoms with Gasteiger partial charge in [0.05, 0.1) is 24.9 Å². The van der Waals surface area contributed by atoms with E-state index in [0.717, 1.165) is 66.5 Å². The van der Waals surface area contributed by atoms with Gasteiger partial charge in [-0.1, -0.05) is 23.9 Å². The van der Waals surface area contributed by atoms with E-state index in [9.17, 15) is 0 Å². The Kier molecular flexibility index (Phi) is 6.56. The van der Waals surface area contributed by atoms with Crippen LogP contribution in [0.25, 0.3) is 0 Å². The summed E-state index contributed by atoms with van der Waals surface area (Å²) in [4.78, 5) is 6.66. The lowest BCUT2D eigenvalue weighted by Gasteiger charge is -2.19. The predicted molar refractivity (Wildman–Crippen MR) is 121 cm³/mol. The maximum atomic E-state index is 5.90. The van der Waals surface area contributed by atoms with Gasteiger partial charge in [0.25, 0.3) is 0 Å². The minimum absolute atomic E-state index is 0.220. The first-order chi connectivity index (χ1) is 15.7. The molecule has 1 atom stereocenters. The van der Waals surface area contributed by atoms with Gasteiger partial charge in [-0.05, 0) is 49.7 Å². The number of hydrogen-bond acceptors (Lipinski definition) is 8.